The number of benzene rings is 3. The zero-order valence-corrected chi connectivity index (χ0v) is 16.9. The summed E-state index contributed by atoms with van der Waals surface area (Å²) in [6.45, 7) is 7.37. The molecule has 1 unspecified atom stereocenters. The van der Waals surface area contributed by atoms with Crippen LogP contribution in [0.5, 0.6) is 11.5 Å². The highest BCUT2D eigenvalue weighted by Crippen LogP contribution is 2.43. The van der Waals surface area contributed by atoms with E-state index in [0.717, 1.165) is 53.1 Å². The predicted octanol–water partition coefficient (Wildman–Crippen LogP) is 5.95. The van der Waals surface area contributed by atoms with Crippen LogP contribution >= 0.6 is 11.8 Å². The quantitative estimate of drug-likeness (QED) is 0.538. The van der Waals surface area contributed by atoms with Crippen molar-refractivity contribution >= 4 is 39.4 Å². The minimum atomic E-state index is -0.353. The number of nitrogens with one attached hydrogen (secondary N) is 1. The SMILES string of the molecule is [C-]#[N+]c1ccc(Oc2ccc3c(c2)CCC[C@H]3C2SC(=O)NC2=O)c2ccccc12. The van der Waals surface area contributed by atoms with E-state index < -0.39 is 0 Å². The molecule has 3 aromatic carbocycles. The Kier molecular flexibility index (Phi) is 4.68. The second kappa shape index (κ2) is 7.51. The molecule has 2 amide bonds. The van der Waals surface area contributed by atoms with Gasteiger partial charge in [-0.25, -0.2) is 4.85 Å². The lowest BCUT2D eigenvalue weighted by atomic mass is 9.80. The van der Waals surface area contributed by atoms with Crippen molar-refractivity contribution < 1.29 is 14.3 Å². The standard InChI is InChI=1S/C24H18N2O3S/c1-25-20-11-12-21(18-7-3-2-6-17(18)20)29-15-9-10-16-14(13-15)5-4-8-19(16)22-23(27)26-24(28)30-22/h2-3,6-7,9-13,19,22H,4-5,8H2,(H,26,27,28)/t19-,22?/m1/s1. The second-order valence-corrected chi connectivity index (χ2v) is 8.63. The van der Waals surface area contributed by atoms with Crippen LogP contribution in [0, 0.1) is 6.57 Å². The molecule has 0 radical (unpaired) electrons. The Bertz CT molecular complexity index is 1230. The van der Waals surface area contributed by atoms with E-state index in [1.807, 2.05) is 48.5 Å². The Morgan fingerprint density at radius 1 is 1.07 bits per heavy atom. The molecule has 3 aromatic rings. The first-order valence-electron chi connectivity index (χ1n) is 9.85. The van der Waals surface area contributed by atoms with Crippen LogP contribution in [-0.4, -0.2) is 16.4 Å². The van der Waals surface area contributed by atoms with Gasteiger partial charge in [-0.05, 0) is 54.0 Å². The molecule has 1 saturated heterocycles. The molecule has 0 saturated carbocycles. The molecule has 0 spiro atoms. The van der Waals surface area contributed by atoms with E-state index in [9.17, 15) is 9.59 Å². The first-order chi connectivity index (χ1) is 14.6. The monoisotopic (exact) mass is 414 g/mol. The maximum absolute atomic E-state index is 12.2. The number of imide groups is 1. The van der Waals surface area contributed by atoms with Gasteiger partial charge in [-0.15, -0.1) is 0 Å². The summed E-state index contributed by atoms with van der Waals surface area (Å²) >= 11 is 1.10. The van der Waals surface area contributed by atoms with Crippen LogP contribution in [0.4, 0.5) is 10.5 Å². The fourth-order valence-electron chi connectivity index (χ4n) is 4.41. The molecule has 1 aliphatic heterocycles. The highest BCUT2D eigenvalue weighted by Gasteiger charge is 2.40. The third kappa shape index (κ3) is 3.21. The molecule has 5 rings (SSSR count). The molecule has 30 heavy (non-hydrogen) atoms. The third-order valence-electron chi connectivity index (χ3n) is 5.77. The minimum Gasteiger partial charge on any atom is -0.457 e. The van der Waals surface area contributed by atoms with Crippen molar-refractivity contribution in [2.45, 2.75) is 30.4 Å². The number of nitrogens with zero attached hydrogens (tertiary/aromatic N) is 1. The molecular formula is C24H18N2O3S. The van der Waals surface area contributed by atoms with Gasteiger partial charge in [0.2, 0.25) is 5.91 Å². The molecule has 6 heteroatoms. The lowest BCUT2D eigenvalue weighted by Crippen LogP contribution is -2.30. The number of carbonyl (C=O) groups excluding carboxylic acids is 2. The van der Waals surface area contributed by atoms with Gasteiger partial charge in [0, 0.05) is 11.3 Å². The number of amides is 2. The summed E-state index contributed by atoms with van der Waals surface area (Å²) in [5, 5.41) is 3.57. The van der Waals surface area contributed by atoms with Crippen LogP contribution in [0.2, 0.25) is 0 Å². The first kappa shape index (κ1) is 18.7. The van der Waals surface area contributed by atoms with Crippen LogP contribution < -0.4 is 10.1 Å². The topological polar surface area (TPSA) is 59.8 Å². The fourth-order valence-corrected chi connectivity index (χ4v) is 5.41. The van der Waals surface area contributed by atoms with Crippen molar-refractivity contribution in [2.75, 3.05) is 0 Å². The average Bonchev–Trinajstić information content (AvgIpc) is 3.11. The second-order valence-electron chi connectivity index (χ2n) is 7.52. The van der Waals surface area contributed by atoms with E-state index in [0.29, 0.717) is 11.4 Å². The summed E-state index contributed by atoms with van der Waals surface area (Å²) in [4.78, 5) is 27.4. The molecule has 1 N–H and O–H groups in total. The summed E-state index contributed by atoms with van der Waals surface area (Å²) in [5.74, 6) is 1.30. The summed E-state index contributed by atoms with van der Waals surface area (Å²) in [5.41, 5.74) is 2.90. The maximum Gasteiger partial charge on any atom is 0.286 e. The minimum absolute atomic E-state index is 0.0398. The number of hydrogen-bond donors (Lipinski definition) is 1. The lowest BCUT2D eigenvalue weighted by Gasteiger charge is -2.28. The molecule has 0 bridgehead atoms. The fraction of sp³-hybridized carbons (Fsp3) is 0.208. The van der Waals surface area contributed by atoms with E-state index in [-0.39, 0.29) is 22.3 Å². The highest BCUT2D eigenvalue weighted by atomic mass is 32.2. The van der Waals surface area contributed by atoms with Crippen LogP contribution in [0.25, 0.3) is 15.6 Å². The first-order valence-corrected chi connectivity index (χ1v) is 10.7. The predicted molar refractivity (Wildman–Crippen MR) is 117 cm³/mol. The summed E-state index contributed by atoms with van der Waals surface area (Å²) in [6.07, 6.45) is 2.80. The summed E-state index contributed by atoms with van der Waals surface area (Å²) < 4.78 is 6.21. The van der Waals surface area contributed by atoms with Crippen molar-refractivity contribution in [2.24, 2.45) is 0 Å². The van der Waals surface area contributed by atoms with Gasteiger partial charge >= 0.3 is 0 Å². The van der Waals surface area contributed by atoms with Crippen LogP contribution in [0.3, 0.4) is 0 Å². The molecule has 1 heterocycles. The summed E-state index contributed by atoms with van der Waals surface area (Å²) in [7, 11) is 0. The molecule has 1 fully saturated rings. The number of thioether (sulfide) groups is 1. The van der Waals surface area contributed by atoms with Crippen molar-refractivity contribution in [1.82, 2.24) is 5.32 Å². The lowest BCUT2D eigenvalue weighted by molar-refractivity contribution is -0.119. The maximum atomic E-state index is 12.2. The Morgan fingerprint density at radius 2 is 1.90 bits per heavy atom. The van der Waals surface area contributed by atoms with Gasteiger partial charge < -0.3 is 4.74 Å². The van der Waals surface area contributed by atoms with Crippen LogP contribution in [0.15, 0.2) is 54.6 Å². The number of rotatable bonds is 3. The molecule has 2 atom stereocenters. The van der Waals surface area contributed by atoms with Crippen molar-refractivity contribution in [1.29, 1.82) is 0 Å². The van der Waals surface area contributed by atoms with Crippen LogP contribution in [-0.2, 0) is 11.2 Å². The zero-order chi connectivity index (χ0) is 20.7. The van der Waals surface area contributed by atoms with E-state index in [1.54, 1.807) is 6.07 Å². The highest BCUT2D eigenvalue weighted by molar-refractivity contribution is 8.15. The molecule has 148 valence electrons. The van der Waals surface area contributed by atoms with Gasteiger partial charge in [0.05, 0.1) is 6.57 Å². The Labute approximate surface area is 178 Å². The van der Waals surface area contributed by atoms with E-state index in [2.05, 4.69) is 10.2 Å². The number of carbonyl (C=O) groups is 2. The smallest absolute Gasteiger partial charge is 0.286 e. The molecule has 2 aliphatic rings. The van der Waals surface area contributed by atoms with Crippen molar-refractivity contribution in [3.05, 3.63) is 77.1 Å². The Hall–Kier alpha value is -3.30. The van der Waals surface area contributed by atoms with Gasteiger partial charge in [-0.3, -0.25) is 14.9 Å². The molecule has 1 aliphatic carbocycles. The van der Waals surface area contributed by atoms with Gasteiger partial charge in [0.1, 0.15) is 16.7 Å². The average molecular weight is 414 g/mol. The summed E-state index contributed by atoms with van der Waals surface area (Å²) in [6, 6.07) is 17.4. The van der Waals surface area contributed by atoms with E-state index in [4.69, 9.17) is 11.3 Å². The molecule has 5 nitrogen and oxygen atoms in total. The van der Waals surface area contributed by atoms with Gasteiger partial charge in [0.15, 0.2) is 5.69 Å². The Balaban J connectivity index is 1.47. The van der Waals surface area contributed by atoms with Gasteiger partial charge in [-0.2, -0.15) is 0 Å². The van der Waals surface area contributed by atoms with Crippen molar-refractivity contribution in [3.8, 4) is 11.5 Å². The molecule has 0 aromatic heterocycles. The normalized spacial score (nSPS) is 20.5. The van der Waals surface area contributed by atoms with Crippen LogP contribution in [0.1, 0.15) is 29.9 Å². The van der Waals surface area contributed by atoms with Gasteiger partial charge in [-0.1, -0.05) is 48.2 Å². The number of fused-ring (bicyclic) bond motifs is 2. The zero-order valence-electron chi connectivity index (χ0n) is 16.1. The Morgan fingerprint density at radius 3 is 2.67 bits per heavy atom. The number of hydrogen-bond acceptors (Lipinski definition) is 4. The largest absolute Gasteiger partial charge is 0.457 e. The van der Waals surface area contributed by atoms with E-state index in [1.165, 1.54) is 5.56 Å². The van der Waals surface area contributed by atoms with Gasteiger partial charge in [0.25, 0.3) is 5.24 Å². The number of aryl methyl sites for hydroxylation is 1. The third-order valence-corrected chi connectivity index (χ3v) is 6.88. The molecular weight excluding hydrogens is 396 g/mol. The van der Waals surface area contributed by atoms with E-state index >= 15 is 0 Å². The van der Waals surface area contributed by atoms with Crippen molar-refractivity contribution in [3.63, 3.8) is 0 Å². The number of ether oxygens (including phenoxy) is 1.